The quantitative estimate of drug-likeness (QED) is 0.767. The summed E-state index contributed by atoms with van der Waals surface area (Å²) < 4.78 is 0. The highest BCUT2D eigenvalue weighted by Gasteiger charge is 2.55. The summed E-state index contributed by atoms with van der Waals surface area (Å²) in [5.41, 5.74) is 0.0547. The number of rotatable bonds is 3. The molecule has 1 saturated heterocycles. The van der Waals surface area contributed by atoms with Gasteiger partial charge < -0.3 is 4.90 Å². The topological polar surface area (TPSA) is 40.6 Å². The van der Waals surface area contributed by atoms with E-state index in [1.54, 1.807) is 11.9 Å². The Morgan fingerprint density at radius 2 is 1.72 bits per heavy atom. The standard InChI is InChI=1S/C14H18N2O2/c1-4-14(11-9-7-6-8-10-11)12(17)15(3)13(18)16(14)5-2/h6-10H,4-5H2,1-3H3. The van der Waals surface area contributed by atoms with Crippen LogP contribution in [0, 0.1) is 0 Å². The molecular weight excluding hydrogens is 228 g/mol. The number of carbonyl (C=O) groups is 2. The lowest BCUT2D eigenvalue weighted by atomic mass is 9.85. The van der Waals surface area contributed by atoms with Crippen LogP contribution in [0.5, 0.6) is 0 Å². The van der Waals surface area contributed by atoms with Crippen LogP contribution in [0.15, 0.2) is 30.3 Å². The van der Waals surface area contributed by atoms with Gasteiger partial charge in [0.1, 0.15) is 5.54 Å². The van der Waals surface area contributed by atoms with Crippen molar-refractivity contribution in [2.75, 3.05) is 13.6 Å². The molecule has 0 aromatic heterocycles. The van der Waals surface area contributed by atoms with Crippen molar-refractivity contribution in [1.82, 2.24) is 9.80 Å². The number of hydrogen-bond donors (Lipinski definition) is 0. The number of likely N-dealkylation sites (N-methyl/N-ethyl adjacent to an activating group) is 2. The van der Waals surface area contributed by atoms with Crippen molar-refractivity contribution in [2.24, 2.45) is 0 Å². The summed E-state index contributed by atoms with van der Waals surface area (Å²) in [7, 11) is 1.55. The van der Waals surface area contributed by atoms with E-state index in [2.05, 4.69) is 0 Å². The molecule has 0 bridgehead atoms. The molecule has 1 aliphatic heterocycles. The Hall–Kier alpha value is -1.84. The Kier molecular flexibility index (Phi) is 3.11. The molecule has 96 valence electrons. The largest absolute Gasteiger partial charge is 0.327 e. The molecule has 1 heterocycles. The van der Waals surface area contributed by atoms with Crippen molar-refractivity contribution in [2.45, 2.75) is 25.8 Å². The number of amides is 3. The van der Waals surface area contributed by atoms with E-state index in [1.165, 1.54) is 4.90 Å². The van der Waals surface area contributed by atoms with Gasteiger partial charge in [0.2, 0.25) is 0 Å². The fourth-order valence-electron chi connectivity index (χ4n) is 2.77. The van der Waals surface area contributed by atoms with Gasteiger partial charge in [0.25, 0.3) is 5.91 Å². The Labute approximate surface area is 107 Å². The maximum atomic E-state index is 12.5. The molecule has 0 saturated carbocycles. The zero-order valence-corrected chi connectivity index (χ0v) is 11.0. The first-order chi connectivity index (χ1) is 8.59. The van der Waals surface area contributed by atoms with Gasteiger partial charge in [-0.3, -0.25) is 9.69 Å². The predicted molar refractivity (Wildman–Crippen MR) is 69.0 cm³/mol. The molecule has 1 aromatic rings. The van der Waals surface area contributed by atoms with E-state index in [-0.39, 0.29) is 11.9 Å². The minimum Gasteiger partial charge on any atom is -0.306 e. The second kappa shape index (κ2) is 4.44. The Balaban J connectivity index is 2.61. The molecule has 1 aromatic carbocycles. The molecular formula is C14H18N2O2. The normalized spacial score (nSPS) is 23.9. The van der Waals surface area contributed by atoms with Crippen LogP contribution >= 0.6 is 0 Å². The minimum absolute atomic E-state index is 0.136. The van der Waals surface area contributed by atoms with Crippen molar-refractivity contribution in [3.63, 3.8) is 0 Å². The van der Waals surface area contributed by atoms with E-state index < -0.39 is 5.54 Å². The first-order valence-corrected chi connectivity index (χ1v) is 6.24. The van der Waals surface area contributed by atoms with Gasteiger partial charge in [0.15, 0.2) is 0 Å². The molecule has 0 spiro atoms. The van der Waals surface area contributed by atoms with E-state index in [1.807, 2.05) is 44.2 Å². The molecule has 4 heteroatoms. The highest BCUT2D eigenvalue weighted by atomic mass is 16.2. The van der Waals surface area contributed by atoms with Gasteiger partial charge in [-0.05, 0) is 18.9 Å². The van der Waals surface area contributed by atoms with Crippen molar-refractivity contribution >= 4 is 11.9 Å². The Bertz CT molecular complexity index is 472. The van der Waals surface area contributed by atoms with Gasteiger partial charge >= 0.3 is 6.03 Å². The van der Waals surface area contributed by atoms with Crippen molar-refractivity contribution < 1.29 is 9.59 Å². The van der Waals surface area contributed by atoms with Crippen LogP contribution in [0.1, 0.15) is 25.8 Å². The number of carbonyl (C=O) groups excluding carboxylic acids is 2. The Morgan fingerprint density at radius 1 is 1.11 bits per heavy atom. The lowest BCUT2D eigenvalue weighted by Crippen LogP contribution is -2.46. The van der Waals surface area contributed by atoms with Crippen molar-refractivity contribution in [1.29, 1.82) is 0 Å². The Morgan fingerprint density at radius 3 is 2.22 bits per heavy atom. The number of urea groups is 1. The summed E-state index contributed by atoms with van der Waals surface area (Å²) in [5, 5.41) is 0. The van der Waals surface area contributed by atoms with E-state index >= 15 is 0 Å². The third kappa shape index (κ3) is 1.45. The third-order valence-corrected chi connectivity index (χ3v) is 3.72. The highest BCUT2D eigenvalue weighted by molar-refractivity contribution is 6.07. The monoisotopic (exact) mass is 246 g/mol. The van der Waals surface area contributed by atoms with E-state index in [0.29, 0.717) is 13.0 Å². The SMILES string of the molecule is CCN1C(=O)N(C)C(=O)C1(CC)c1ccccc1. The first-order valence-electron chi connectivity index (χ1n) is 6.24. The number of hydrogen-bond acceptors (Lipinski definition) is 2. The predicted octanol–water partition coefficient (Wildman–Crippen LogP) is 2.21. The molecule has 1 unspecified atom stereocenters. The summed E-state index contributed by atoms with van der Waals surface area (Å²) in [6.45, 7) is 4.37. The van der Waals surface area contributed by atoms with Gasteiger partial charge in [0.05, 0.1) is 0 Å². The molecule has 3 amide bonds. The van der Waals surface area contributed by atoms with Crippen LogP contribution in [0.2, 0.25) is 0 Å². The number of benzene rings is 1. The number of nitrogens with zero attached hydrogens (tertiary/aromatic N) is 2. The van der Waals surface area contributed by atoms with Crippen LogP contribution in [0.4, 0.5) is 4.79 Å². The van der Waals surface area contributed by atoms with Crippen LogP contribution < -0.4 is 0 Å². The number of imide groups is 1. The van der Waals surface area contributed by atoms with E-state index in [4.69, 9.17) is 0 Å². The van der Waals surface area contributed by atoms with Gasteiger partial charge in [-0.25, -0.2) is 4.79 Å². The fraction of sp³-hybridized carbons (Fsp3) is 0.429. The van der Waals surface area contributed by atoms with Crippen molar-refractivity contribution in [3.8, 4) is 0 Å². The summed E-state index contributed by atoms with van der Waals surface area (Å²) >= 11 is 0. The van der Waals surface area contributed by atoms with Crippen molar-refractivity contribution in [3.05, 3.63) is 35.9 Å². The smallest absolute Gasteiger partial charge is 0.306 e. The molecule has 2 rings (SSSR count). The van der Waals surface area contributed by atoms with Crippen LogP contribution in [-0.4, -0.2) is 35.3 Å². The average molecular weight is 246 g/mol. The van der Waals surface area contributed by atoms with Gasteiger partial charge in [-0.2, -0.15) is 0 Å². The molecule has 0 N–H and O–H groups in total. The average Bonchev–Trinajstić information content (AvgIpc) is 2.61. The summed E-state index contributed by atoms with van der Waals surface area (Å²) in [5.74, 6) is -0.136. The maximum absolute atomic E-state index is 12.5. The molecule has 1 atom stereocenters. The molecule has 1 aliphatic rings. The van der Waals surface area contributed by atoms with Gasteiger partial charge in [-0.15, -0.1) is 0 Å². The fourth-order valence-corrected chi connectivity index (χ4v) is 2.77. The third-order valence-electron chi connectivity index (χ3n) is 3.72. The molecule has 1 fully saturated rings. The molecule has 18 heavy (non-hydrogen) atoms. The lowest BCUT2D eigenvalue weighted by Gasteiger charge is -2.34. The van der Waals surface area contributed by atoms with E-state index in [9.17, 15) is 9.59 Å². The molecule has 0 radical (unpaired) electrons. The van der Waals surface area contributed by atoms with Crippen LogP contribution in [-0.2, 0) is 10.3 Å². The van der Waals surface area contributed by atoms with Gasteiger partial charge in [0, 0.05) is 13.6 Å². The second-order valence-electron chi connectivity index (χ2n) is 4.47. The molecule has 0 aliphatic carbocycles. The van der Waals surface area contributed by atoms with Crippen LogP contribution in [0.25, 0.3) is 0 Å². The zero-order valence-electron chi connectivity index (χ0n) is 11.0. The summed E-state index contributed by atoms with van der Waals surface area (Å²) in [6, 6.07) is 9.32. The zero-order chi connectivity index (χ0) is 13.3. The van der Waals surface area contributed by atoms with Gasteiger partial charge in [-0.1, -0.05) is 37.3 Å². The van der Waals surface area contributed by atoms with Crippen LogP contribution in [0.3, 0.4) is 0 Å². The molecule has 4 nitrogen and oxygen atoms in total. The summed E-state index contributed by atoms with van der Waals surface area (Å²) in [6.07, 6.45) is 0.583. The summed E-state index contributed by atoms with van der Waals surface area (Å²) in [4.78, 5) is 27.5. The highest BCUT2D eigenvalue weighted by Crippen LogP contribution is 2.39. The maximum Gasteiger partial charge on any atom is 0.327 e. The second-order valence-corrected chi connectivity index (χ2v) is 4.47. The lowest BCUT2D eigenvalue weighted by molar-refractivity contribution is -0.133. The van der Waals surface area contributed by atoms with E-state index in [0.717, 1.165) is 5.56 Å². The minimum atomic E-state index is -0.832. The first kappa shape index (κ1) is 12.6.